The summed E-state index contributed by atoms with van der Waals surface area (Å²) in [7, 11) is 0. The molecule has 0 amide bonds. The van der Waals surface area contributed by atoms with Gasteiger partial charge in [0.05, 0.1) is 13.1 Å². The third-order valence-electron chi connectivity index (χ3n) is 4.64. The summed E-state index contributed by atoms with van der Waals surface area (Å²) in [5.74, 6) is 0.0924. The van der Waals surface area contributed by atoms with Gasteiger partial charge in [-0.05, 0) is 43.3 Å². The van der Waals surface area contributed by atoms with Crippen molar-refractivity contribution in [1.82, 2.24) is 15.1 Å². The predicted molar refractivity (Wildman–Crippen MR) is 108 cm³/mol. The average molecular weight is 417 g/mol. The molecule has 0 fully saturated rings. The Morgan fingerprint density at radius 2 is 2.00 bits per heavy atom. The van der Waals surface area contributed by atoms with Crippen LogP contribution in [0.25, 0.3) is 0 Å². The number of halogens is 3. The molecule has 0 spiro atoms. The van der Waals surface area contributed by atoms with Crippen molar-refractivity contribution in [3.8, 4) is 5.75 Å². The summed E-state index contributed by atoms with van der Waals surface area (Å²) in [6, 6.07) is 10.6. The molecule has 3 aromatic rings. The van der Waals surface area contributed by atoms with Crippen LogP contribution in [0.5, 0.6) is 5.75 Å². The highest BCUT2D eigenvalue weighted by Gasteiger charge is 2.15. The van der Waals surface area contributed by atoms with E-state index in [9.17, 15) is 8.78 Å². The quantitative estimate of drug-likeness (QED) is 0.658. The molecular formula is C21H19ClF2N4O. The number of amidine groups is 1. The van der Waals surface area contributed by atoms with Gasteiger partial charge in [0.15, 0.2) is 0 Å². The van der Waals surface area contributed by atoms with Crippen LogP contribution in [0, 0.1) is 18.6 Å². The first-order chi connectivity index (χ1) is 14.0. The second-order valence-electron chi connectivity index (χ2n) is 6.76. The first kappa shape index (κ1) is 19.4. The van der Waals surface area contributed by atoms with E-state index in [2.05, 4.69) is 15.4 Å². The molecule has 1 aliphatic heterocycles. The van der Waals surface area contributed by atoms with Crippen LogP contribution in [-0.4, -0.2) is 28.7 Å². The van der Waals surface area contributed by atoms with Crippen molar-refractivity contribution in [3.05, 3.63) is 81.6 Å². The zero-order valence-corrected chi connectivity index (χ0v) is 16.5. The van der Waals surface area contributed by atoms with Gasteiger partial charge in [-0.1, -0.05) is 11.6 Å². The molecule has 0 saturated heterocycles. The maximum absolute atomic E-state index is 13.9. The van der Waals surface area contributed by atoms with E-state index in [1.165, 1.54) is 12.1 Å². The van der Waals surface area contributed by atoms with Crippen molar-refractivity contribution in [2.75, 3.05) is 13.1 Å². The first-order valence-electron chi connectivity index (χ1n) is 9.18. The molecule has 0 atom stereocenters. The SMILES string of the molecule is Cc1cc(C2=NCCN2)nn1Cc1cc(Cl)ccc1OCc1ccc(F)cc1F. The van der Waals surface area contributed by atoms with Gasteiger partial charge in [-0.3, -0.25) is 9.67 Å². The van der Waals surface area contributed by atoms with Crippen molar-refractivity contribution < 1.29 is 13.5 Å². The molecule has 150 valence electrons. The fraction of sp³-hybridized carbons (Fsp3) is 0.238. The Labute approximate surface area is 172 Å². The smallest absolute Gasteiger partial charge is 0.149 e. The summed E-state index contributed by atoms with van der Waals surface area (Å²) in [6.07, 6.45) is 0. The van der Waals surface area contributed by atoms with Gasteiger partial charge in [-0.2, -0.15) is 5.10 Å². The van der Waals surface area contributed by atoms with Crippen LogP contribution in [-0.2, 0) is 13.2 Å². The van der Waals surface area contributed by atoms with Gasteiger partial charge in [0.1, 0.15) is 35.5 Å². The maximum Gasteiger partial charge on any atom is 0.149 e. The van der Waals surface area contributed by atoms with E-state index < -0.39 is 11.6 Å². The lowest BCUT2D eigenvalue weighted by atomic mass is 10.2. The van der Waals surface area contributed by atoms with E-state index in [1.807, 2.05) is 17.7 Å². The molecule has 2 heterocycles. The fourth-order valence-corrected chi connectivity index (χ4v) is 3.32. The van der Waals surface area contributed by atoms with Gasteiger partial charge in [0, 0.05) is 34.5 Å². The summed E-state index contributed by atoms with van der Waals surface area (Å²) in [4.78, 5) is 4.40. The normalized spacial score (nSPS) is 13.3. The number of ether oxygens (including phenoxy) is 1. The molecule has 29 heavy (non-hydrogen) atoms. The van der Waals surface area contributed by atoms with Crippen LogP contribution in [0.2, 0.25) is 5.02 Å². The molecule has 1 aromatic heterocycles. The number of benzene rings is 2. The maximum atomic E-state index is 13.9. The number of hydrogen-bond acceptors (Lipinski definition) is 4. The molecule has 2 aromatic carbocycles. The van der Waals surface area contributed by atoms with E-state index in [4.69, 9.17) is 16.3 Å². The topological polar surface area (TPSA) is 51.4 Å². The molecule has 8 heteroatoms. The molecule has 0 radical (unpaired) electrons. The largest absolute Gasteiger partial charge is 0.488 e. The van der Waals surface area contributed by atoms with Crippen LogP contribution in [0.1, 0.15) is 22.5 Å². The van der Waals surface area contributed by atoms with E-state index in [-0.39, 0.29) is 12.2 Å². The van der Waals surface area contributed by atoms with Gasteiger partial charge in [0.25, 0.3) is 0 Å². The van der Waals surface area contributed by atoms with Gasteiger partial charge in [-0.15, -0.1) is 0 Å². The second kappa shape index (κ2) is 8.21. The zero-order chi connectivity index (χ0) is 20.4. The van der Waals surface area contributed by atoms with Gasteiger partial charge >= 0.3 is 0 Å². The third-order valence-corrected chi connectivity index (χ3v) is 4.87. The molecule has 1 N–H and O–H groups in total. The second-order valence-corrected chi connectivity index (χ2v) is 7.20. The van der Waals surface area contributed by atoms with Crippen LogP contribution < -0.4 is 10.1 Å². The lowest BCUT2D eigenvalue weighted by molar-refractivity contribution is 0.295. The first-order valence-corrected chi connectivity index (χ1v) is 9.56. The Bertz CT molecular complexity index is 1080. The highest BCUT2D eigenvalue weighted by atomic mass is 35.5. The number of aryl methyl sites for hydroxylation is 1. The lowest BCUT2D eigenvalue weighted by Gasteiger charge is -2.13. The summed E-state index contributed by atoms with van der Waals surface area (Å²) < 4.78 is 34.7. The summed E-state index contributed by atoms with van der Waals surface area (Å²) in [5, 5.41) is 8.40. The van der Waals surface area contributed by atoms with Gasteiger partial charge < -0.3 is 10.1 Å². The number of aliphatic imine (C=N–C) groups is 1. The van der Waals surface area contributed by atoms with Crippen LogP contribution in [0.15, 0.2) is 47.5 Å². The Morgan fingerprint density at radius 1 is 1.14 bits per heavy atom. The molecule has 0 bridgehead atoms. The minimum atomic E-state index is -0.641. The molecule has 4 rings (SSSR count). The van der Waals surface area contributed by atoms with Gasteiger partial charge in [-0.25, -0.2) is 8.78 Å². The highest BCUT2D eigenvalue weighted by Crippen LogP contribution is 2.26. The lowest BCUT2D eigenvalue weighted by Crippen LogP contribution is -2.20. The Morgan fingerprint density at radius 3 is 2.76 bits per heavy atom. The molecule has 0 saturated carbocycles. The van der Waals surface area contributed by atoms with E-state index in [1.54, 1.807) is 18.2 Å². The van der Waals surface area contributed by atoms with Crippen molar-refractivity contribution in [1.29, 1.82) is 0 Å². The number of nitrogens with one attached hydrogen (secondary N) is 1. The minimum absolute atomic E-state index is 0.0230. The van der Waals surface area contributed by atoms with Gasteiger partial charge in [0.2, 0.25) is 0 Å². The number of rotatable bonds is 6. The molecule has 1 aliphatic rings. The molecule has 5 nitrogen and oxygen atoms in total. The summed E-state index contributed by atoms with van der Waals surface area (Å²) in [5.41, 5.74) is 2.83. The van der Waals surface area contributed by atoms with Crippen molar-refractivity contribution in [2.24, 2.45) is 4.99 Å². The minimum Gasteiger partial charge on any atom is -0.488 e. The highest BCUT2D eigenvalue weighted by molar-refractivity contribution is 6.30. The summed E-state index contributed by atoms with van der Waals surface area (Å²) in [6.45, 7) is 3.93. The van der Waals surface area contributed by atoms with E-state index in [0.29, 0.717) is 17.3 Å². The predicted octanol–water partition coefficient (Wildman–Crippen LogP) is 4.10. The van der Waals surface area contributed by atoms with Crippen LogP contribution >= 0.6 is 11.6 Å². The Kier molecular flexibility index (Phi) is 5.49. The number of hydrogen-bond donors (Lipinski definition) is 1. The zero-order valence-electron chi connectivity index (χ0n) is 15.8. The van der Waals surface area contributed by atoms with E-state index >= 15 is 0 Å². The Hall–Kier alpha value is -2.93. The van der Waals surface area contributed by atoms with Crippen LogP contribution in [0.3, 0.4) is 0 Å². The summed E-state index contributed by atoms with van der Waals surface area (Å²) >= 11 is 6.18. The fourth-order valence-electron chi connectivity index (χ4n) is 3.12. The monoisotopic (exact) mass is 416 g/mol. The Balaban J connectivity index is 1.55. The van der Waals surface area contributed by atoms with Crippen molar-refractivity contribution >= 4 is 17.4 Å². The van der Waals surface area contributed by atoms with Crippen molar-refractivity contribution in [3.63, 3.8) is 0 Å². The van der Waals surface area contributed by atoms with Crippen LogP contribution in [0.4, 0.5) is 8.78 Å². The van der Waals surface area contributed by atoms with E-state index in [0.717, 1.165) is 41.9 Å². The standard InChI is InChI=1S/C21H19ClF2N4O/c1-13-8-19(21-25-6-7-26-21)27-28(13)11-15-9-16(22)3-5-20(15)29-12-14-2-4-17(23)10-18(14)24/h2-5,8-10H,6-7,11-12H2,1H3,(H,25,26). The van der Waals surface area contributed by atoms with Crippen molar-refractivity contribution in [2.45, 2.75) is 20.1 Å². The third kappa shape index (κ3) is 4.40. The molecule has 0 unspecified atom stereocenters. The molecule has 0 aliphatic carbocycles. The number of aromatic nitrogens is 2. The number of nitrogens with zero attached hydrogens (tertiary/aromatic N) is 3. The molecular weight excluding hydrogens is 398 g/mol. The average Bonchev–Trinajstić information content (AvgIpc) is 3.33.